The van der Waals surface area contributed by atoms with Crippen LogP contribution in [0.15, 0.2) is 55.0 Å². The van der Waals surface area contributed by atoms with Gasteiger partial charge in [0.05, 0.1) is 41.7 Å². The van der Waals surface area contributed by atoms with Crippen LogP contribution in [0.25, 0.3) is 44.3 Å². The van der Waals surface area contributed by atoms with Gasteiger partial charge in [-0.3, -0.25) is 14.2 Å². The average Bonchev–Trinajstić information content (AvgIpc) is 3.90. The van der Waals surface area contributed by atoms with Crippen molar-refractivity contribution in [3.8, 4) is 28.3 Å². The van der Waals surface area contributed by atoms with Crippen molar-refractivity contribution in [1.29, 1.82) is 0 Å². The molecule has 0 aliphatic carbocycles. The van der Waals surface area contributed by atoms with Crippen LogP contribution < -0.4 is 9.64 Å². The molecular weight excluding hydrogens is 735 g/mol. The summed E-state index contributed by atoms with van der Waals surface area (Å²) in [5, 5.41) is 22.0. The van der Waals surface area contributed by atoms with Gasteiger partial charge in [-0.1, -0.05) is 29.3 Å². The van der Waals surface area contributed by atoms with Crippen LogP contribution in [0.1, 0.15) is 58.0 Å². The van der Waals surface area contributed by atoms with E-state index < -0.39 is 0 Å². The summed E-state index contributed by atoms with van der Waals surface area (Å²) in [5.74, 6) is 1.27. The van der Waals surface area contributed by atoms with Gasteiger partial charge in [0, 0.05) is 76.6 Å². The second-order valence-corrected chi connectivity index (χ2v) is 15.5. The van der Waals surface area contributed by atoms with Gasteiger partial charge in [0.2, 0.25) is 0 Å². The quantitative estimate of drug-likeness (QED) is 0.140. The van der Waals surface area contributed by atoms with Crippen LogP contribution in [0.2, 0.25) is 10.0 Å². The minimum Gasteiger partial charge on any atom is -0.494 e. The molecule has 0 radical (unpaired) electrons. The normalized spacial score (nSPS) is 14.5. The summed E-state index contributed by atoms with van der Waals surface area (Å²) in [6.07, 6.45) is 4.95. The van der Waals surface area contributed by atoms with E-state index in [1.807, 2.05) is 81.0 Å². The third-order valence-corrected chi connectivity index (χ3v) is 11.9. The number of hydrogen-bond donors (Lipinski definition) is 1. The Balaban J connectivity index is 1.25. The van der Waals surface area contributed by atoms with Gasteiger partial charge in [-0.2, -0.15) is 10.2 Å². The molecule has 4 aromatic heterocycles. The third-order valence-electron chi connectivity index (χ3n) is 10.9. The number of aliphatic hydroxyl groups excluding tert-OH is 1. The Bertz CT molecular complexity index is 2630. The van der Waals surface area contributed by atoms with E-state index >= 15 is 4.79 Å². The van der Waals surface area contributed by atoms with E-state index in [0.717, 1.165) is 83.0 Å². The Hall–Kier alpha value is -5.10. The third kappa shape index (κ3) is 6.18. The van der Waals surface area contributed by atoms with Crippen LogP contribution in [0.4, 0.5) is 5.69 Å². The van der Waals surface area contributed by atoms with Crippen LogP contribution in [0.5, 0.6) is 5.75 Å². The lowest BCUT2D eigenvalue weighted by Gasteiger charge is -2.34. The lowest BCUT2D eigenvalue weighted by atomic mass is 9.98. The minimum absolute atomic E-state index is 0.0252. The molecule has 0 saturated heterocycles. The molecule has 11 nitrogen and oxygen atoms in total. The van der Waals surface area contributed by atoms with Gasteiger partial charge in [0.15, 0.2) is 5.82 Å². The summed E-state index contributed by atoms with van der Waals surface area (Å²) in [4.78, 5) is 21.6. The molecule has 3 aromatic carbocycles. The fourth-order valence-electron chi connectivity index (χ4n) is 8.30. The van der Waals surface area contributed by atoms with Crippen molar-refractivity contribution in [3.63, 3.8) is 0 Å². The van der Waals surface area contributed by atoms with E-state index in [4.69, 9.17) is 33.0 Å². The topological polar surface area (TPSA) is 108 Å². The zero-order valence-electron chi connectivity index (χ0n) is 32.1. The standard InChI is InChI=1S/C42H44Cl2N8O3/c1-23-17-29(18-24(2)38(23)44)55-16-8-9-30-31-11-12-33(43)37(36-26(4)46-49(7)27(36)5)39(31)52-25(3)20-51(42(54)40(30)52)35-21-48(6)34-13-10-28(19-32(34)35)41-45-22-50(47-41)14-15-53/h10-13,17-19,21-22,25,53H,8-9,14-16,20H2,1-7H3/t25-/m1/s1. The highest BCUT2D eigenvalue weighted by Gasteiger charge is 2.37. The molecule has 0 spiro atoms. The number of fused-ring (bicyclic) bond motifs is 4. The number of nitrogens with zero attached hydrogens (tertiary/aromatic N) is 8. The maximum absolute atomic E-state index is 15.2. The number of benzene rings is 3. The van der Waals surface area contributed by atoms with Gasteiger partial charge >= 0.3 is 0 Å². The summed E-state index contributed by atoms with van der Waals surface area (Å²) in [6, 6.07) is 13.9. The molecule has 1 aliphatic heterocycles. The number of hydrogen-bond acceptors (Lipinski definition) is 6. The first kappa shape index (κ1) is 36.9. The first-order valence-electron chi connectivity index (χ1n) is 18.5. The molecule has 5 heterocycles. The fourth-order valence-corrected chi connectivity index (χ4v) is 8.66. The molecule has 0 unspecified atom stereocenters. The molecular formula is C42H44Cl2N8O3. The van der Waals surface area contributed by atoms with Gasteiger partial charge in [-0.25, -0.2) is 4.98 Å². The van der Waals surface area contributed by atoms with Gasteiger partial charge in [0.25, 0.3) is 5.91 Å². The molecule has 0 fully saturated rings. The van der Waals surface area contributed by atoms with Gasteiger partial charge in [-0.05, 0) is 101 Å². The molecule has 13 heteroatoms. The van der Waals surface area contributed by atoms with E-state index in [-0.39, 0.29) is 18.6 Å². The Morgan fingerprint density at radius 3 is 2.44 bits per heavy atom. The molecule has 1 amide bonds. The van der Waals surface area contributed by atoms with Crippen molar-refractivity contribution in [2.45, 2.75) is 60.0 Å². The van der Waals surface area contributed by atoms with E-state index in [2.05, 4.69) is 45.2 Å². The summed E-state index contributed by atoms with van der Waals surface area (Å²) < 4.78 is 14.0. The lowest BCUT2D eigenvalue weighted by Crippen LogP contribution is -2.42. The largest absolute Gasteiger partial charge is 0.494 e. The molecule has 284 valence electrons. The van der Waals surface area contributed by atoms with Crippen LogP contribution in [0, 0.1) is 27.7 Å². The second-order valence-electron chi connectivity index (χ2n) is 14.7. The van der Waals surface area contributed by atoms with Gasteiger partial charge in [-0.15, -0.1) is 0 Å². The highest BCUT2D eigenvalue weighted by atomic mass is 35.5. The number of aryl methyl sites for hydroxylation is 6. The molecule has 1 atom stereocenters. The number of ether oxygens (including phenoxy) is 1. The number of aliphatic hydroxyl groups is 1. The smallest absolute Gasteiger partial charge is 0.275 e. The molecule has 1 aliphatic rings. The maximum atomic E-state index is 15.2. The number of carbonyl (C=O) groups is 1. The predicted molar refractivity (Wildman–Crippen MR) is 219 cm³/mol. The number of aromatic nitrogens is 7. The molecule has 1 N–H and O–H groups in total. The van der Waals surface area contributed by atoms with Crippen LogP contribution in [-0.2, 0) is 27.1 Å². The predicted octanol–water partition coefficient (Wildman–Crippen LogP) is 8.56. The minimum atomic E-state index is -0.0935. The van der Waals surface area contributed by atoms with E-state index in [0.29, 0.717) is 49.1 Å². The van der Waals surface area contributed by atoms with Crippen molar-refractivity contribution in [3.05, 3.63) is 98.8 Å². The Kier molecular flexibility index (Phi) is 9.51. The van der Waals surface area contributed by atoms with Crippen LogP contribution in [-0.4, -0.2) is 64.5 Å². The lowest BCUT2D eigenvalue weighted by molar-refractivity contribution is 0.0957. The summed E-state index contributed by atoms with van der Waals surface area (Å²) >= 11 is 13.6. The van der Waals surface area contributed by atoms with E-state index in [9.17, 15) is 5.11 Å². The second kappa shape index (κ2) is 14.2. The highest BCUT2D eigenvalue weighted by Crippen LogP contribution is 2.46. The summed E-state index contributed by atoms with van der Waals surface area (Å²) in [5.41, 5.74) is 10.9. The highest BCUT2D eigenvalue weighted by molar-refractivity contribution is 6.35. The zero-order chi connectivity index (χ0) is 38.9. The van der Waals surface area contributed by atoms with Crippen molar-refractivity contribution >= 4 is 56.6 Å². The number of amides is 1. The molecule has 7 aromatic rings. The monoisotopic (exact) mass is 778 g/mol. The van der Waals surface area contributed by atoms with Crippen molar-refractivity contribution < 1.29 is 14.6 Å². The maximum Gasteiger partial charge on any atom is 0.275 e. The van der Waals surface area contributed by atoms with Crippen molar-refractivity contribution in [2.75, 3.05) is 24.7 Å². The SMILES string of the molecule is Cc1cc(OCCCc2c3n(c4c(-c5c(C)nn(C)c5C)c(Cl)ccc24)[C@H](C)CN(c2cn(C)c4ccc(-c5ncn(CCO)n5)cc24)C3=O)cc(C)c1Cl. The van der Waals surface area contributed by atoms with Crippen LogP contribution in [0.3, 0.4) is 0 Å². The van der Waals surface area contributed by atoms with Crippen molar-refractivity contribution in [1.82, 2.24) is 33.7 Å². The number of carbonyl (C=O) groups excluding carboxylic acids is 1. The molecule has 0 bridgehead atoms. The van der Waals surface area contributed by atoms with Gasteiger partial charge in [0.1, 0.15) is 17.8 Å². The Morgan fingerprint density at radius 2 is 1.73 bits per heavy atom. The number of halogens is 2. The summed E-state index contributed by atoms with van der Waals surface area (Å²) in [7, 11) is 3.94. The Morgan fingerprint density at radius 1 is 0.964 bits per heavy atom. The van der Waals surface area contributed by atoms with Gasteiger partial charge < -0.3 is 23.9 Å². The zero-order valence-corrected chi connectivity index (χ0v) is 33.6. The van der Waals surface area contributed by atoms with E-state index in [1.165, 1.54) is 0 Å². The first-order chi connectivity index (χ1) is 26.4. The number of anilines is 1. The van der Waals surface area contributed by atoms with E-state index in [1.54, 1.807) is 11.0 Å². The Labute approximate surface area is 329 Å². The summed E-state index contributed by atoms with van der Waals surface area (Å²) in [6.45, 7) is 11.5. The molecule has 8 rings (SSSR count). The average molecular weight is 780 g/mol. The molecule has 0 saturated carbocycles. The number of rotatable bonds is 10. The van der Waals surface area contributed by atoms with Crippen molar-refractivity contribution in [2.24, 2.45) is 14.1 Å². The first-order valence-corrected chi connectivity index (χ1v) is 19.3. The fraction of sp³-hybridized carbons (Fsp3) is 0.333. The van der Waals surface area contributed by atoms with Crippen LogP contribution >= 0.6 is 23.2 Å². The molecule has 55 heavy (non-hydrogen) atoms.